The number of piperazine rings is 1. The van der Waals surface area contributed by atoms with Crippen LogP contribution < -0.4 is 0 Å². The molecule has 1 aromatic carbocycles. The number of amides is 2. The molecule has 0 radical (unpaired) electrons. The van der Waals surface area contributed by atoms with Crippen LogP contribution in [-0.2, 0) is 20.9 Å². The number of benzene rings is 1. The molecular weight excluding hydrogens is 325 g/mol. The van der Waals surface area contributed by atoms with Gasteiger partial charge in [0.25, 0.3) is 0 Å². The summed E-state index contributed by atoms with van der Waals surface area (Å²) in [7, 11) is 0. The van der Waals surface area contributed by atoms with Gasteiger partial charge < -0.3 is 14.5 Å². The van der Waals surface area contributed by atoms with E-state index in [4.69, 9.17) is 4.74 Å². The van der Waals surface area contributed by atoms with Gasteiger partial charge in [-0.1, -0.05) is 12.1 Å². The second kappa shape index (κ2) is 7.93. The molecular formula is C18H24FN3O3. The van der Waals surface area contributed by atoms with Gasteiger partial charge in [-0.2, -0.15) is 0 Å². The van der Waals surface area contributed by atoms with E-state index in [9.17, 15) is 14.0 Å². The van der Waals surface area contributed by atoms with Gasteiger partial charge in [0.05, 0.1) is 13.2 Å². The van der Waals surface area contributed by atoms with Crippen LogP contribution in [0.1, 0.15) is 12.5 Å². The van der Waals surface area contributed by atoms with Crippen LogP contribution in [0.3, 0.4) is 0 Å². The summed E-state index contributed by atoms with van der Waals surface area (Å²) in [5, 5.41) is 0. The van der Waals surface area contributed by atoms with Gasteiger partial charge in [-0.15, -0.1) is 0 Å². The third-order valence-electron chi connectivity index (χ3n) is 4.80. The monoisotopic (exact) mass is 349 g/mol. The Balaban J connectivity index is 1.54. The lowest BCUT2D eigenvalue weighted by Gasteiger charge is -2.40. The molecule has 136 valence electrons. The van der Waals surface area contributed by atoms with E-state index in [1.54, 1.807) is 21.9 Å². The number of morpholine rings is 1. The maximum atomic E-state index is 13.3. The van der Waals surface area contributed by atoms with Gasteiger partial charge in [0.2, 0.25) is 11.8 Å². The molecule has 2 saturated heterocycles. The van der Waals surface area contributed by atoms with Crippen LogP contribution in [0.15, 0.2) is 24.3 Å². The largest absolute Gasteiger partial charge is 0.377 e. The molecule has 25 heavy (non-hydrogen) atoms. The second-order valence-corrected chi connectivity index (χ2v) is 6.53. The van der Waals surface area contributed by atoms with Gasteiger partial charge in [0.15, 0.2) is 0 Å². The van der Waals surface area contributed by atoms with Crippen molar-refractivity contribution in [2.45, 2.75) is 19.5 Å². The Morgan fingerprint density at radius 3 is 2.64 bits per heavy atom. The molecule has 2 heterocycles. The third-order valence-corrected chi connectivity index (χ3v) is 4.80. The Hall–Kier alpha value is -1.99. The van der Waals surface area contributed by atoms with Crippen LogP contribution in [0.25, 0.3) is 0 Å². The predicted molar refractivity (Wildman–Crippen MR) is 90.3 cm³/mol. The third kappa shape index (κ3) is 4.35. The Kier molecular flexibility index (Phi) is 5.65. The first-order chi connectivity index (χ1) is 12.0. The highest BCUT2D eigenvalue weighted by Crippen LogP contribution is 2.14. The van der Waals surface area contributed by atoms with Crippen molar-refractivity contribution in [2.75, 3.05) is 45.9 Å². The summed E-state index contributed by atoms with van der Waals surface area (Å²) >= 11 is 0. The Bertz CT molecular complexity index is 632. The van der Waals surface area contributed by atoms with Gasteiger partial charge in [0, 0.05) is 46.2 Å². The van der Waals surface area contributed by atoms with Crippen molar-refractivity contribution in [3.8, 4) is 0 Å². The zero-order valence-corrected chi connectivity index (χ0v) is 14.5. The van der Waals surface area contributed by atoms with Crippen molar-refractivity contribution in [1.29, 1.82) is 0 Å². The van der Waals surface area contributed by atoms with E-state index in [1.807, 2.05) is 6.07 Å². The van der Waals surface area contributed by atoms with Gasteiger partial charge in [-0.3, -0.25) is 14.5 Å². The van der Waals surface area contributed by atoms with E-state index < -0.39 is 6.04 Å². The van der Waals surface area contributed by atoms with E-state index in [2.05, 4.69) is 4.90 Å². The molecule has 2 fully saturated rings. The fraction of sp³-hybridized carbons (Fsp3) is 0.556. The molecule has 3 rings (SSSR count). The molecule has 1 atom stereocenters. The Morgan fingerprint density at radius 1 is 1.20 bits per heavy atom. The van der Waals surface area contributed by atoms with Crippen molar-refractivity contribution in [3.63, 3.8) is 0 Å². The van der Waals surface area contributed by atoms with E-state index in [0.29, 0.717) is 32.8 Å². The maximum absolute atomic E-state index is 13.3. The predicted octanol–water partition coefficient (Wildman–Crippen LogP) is 0.717. The van der Waals surface area contributed by atoms with E-state index in [-0.39, 0.29) is 24.2 Å². The van der Waals surface area contributed by atoms with Crippen LogP contribution in [0.5, 0.6) is 0 Å². The second-order valence-electron chi connectivity index (χ2n) is 6.53. The molecule has 1 aromatic rings. The van der Waals surface area contributed by atoms with E-state index >= 15 is 0 Å². The number of nitrogens with zero attached hydrogens (tertiary/aromatic N) is 3. The van der Waals surface area contributed by atoms with Gasteiger partial charge in [-0.25, -0.2) is 4.39 Å². The van der Waals surface area contributed by atoms with Crippen LogP contribution in [0, 0.1) is 5.82 Å². The minimum absolute atomic E-state index is 0.0414. The maximum Gasteiger partial charge on any atom is 0.247 e. The smallest absolute Gasteiger partial charge is 0.247 e. The Labute approximate surface area is 147 Å². The lowest BCUT2D eigenvalue weighted by molar-refractivity contribution is -0.154. The van der Waals surface area contributed by atoms with Crippen LogP contribution in [-0.4, -0.2) is 78.5 Å². The highest BCUT2D eigenvalue weighted by molar-refractivity contribution is 5.87. The molecule has 0 aromatic heterocycles. The standard InChI is InChI=1S/C18H24FN3O3/c1-14(23)22-9-10-25-13-17(22)18(24)21-7-5-20(6-8-21)12-15-3-2-4-16(19)11-15/h2-4,11,17H,5-10,12-13H2,1H3. The fourth-order valence-corrected chi connectivity index (χ4v) is 3.42. The summed E-state index contributed by atoms with van der Waals surface area (Å²) in [5.74, 6) is -0.361. The van der Waals surface area contributed by atoms with Gasteiger partial charge in [-0.05, 0) is 17.7 Å². The van der Waals surface area contributed by atoms with Crippen molar-refractivity contribution in [1.82, 2.24) is 14.7 Å². The summed E-state index contributed by atoms with van der Waals surface area (Å²) in [5.41, 5.74) is 0.934. The average molecular weight is 349 g/mol. The highest BCUT2D eigenvalue weighted by Gasteiger charge is 2.35. The zero-order chi connectivity index (χ0) is 17.8. The van der Waals surface area contributed by atoms with E-state index in [1.165, 1.54) is 13.0 Å². The summed E-state index contributed by atoms with van der Waals surface area (Å²) in [6.45, 7) is 6.05. The average Bonchev–Trinajstić information content (AvgIpc) is 2.62. The van der Waals surface area contributed by atoms with Crippen LogP contribution in [0.4, 0.5) is 4.39 Å². The minimum Gasteiger partial charge on any atom is -0.377 e. The number of carbonyl (C=O) groups is 2. The number of ether oxygens (including phenoxy) is 1. The molecule has 6 nitrogen and oxygen atoms in total. The molecule has 0 aliphatic carbocycles. The highest BCUT2D eigenvalue weighted by atomic mass is 19.1. The first kappa shape index (κ1) is 17.8. The molecule has 7 heteroatoms. The molecule has 0 N–H and O–H groups in total. The number of rotatable bonds is 3. The number of hydrogen-bond donors (Lipinski definition) is 0. The molecule has 0 bridgehead atoms. The summed E-state index contributed by atoms with van der Waals surface area (Å²) < 4.78 is 18.7. The summed E-state index contributed by atoms with van der Waals surface area (Å²) in [6, 6.07) is 6.09. The minimum atomic E-state index is -0.513. The summed E-state index contributed by atoms with van der Waals surface area (Å²) in [4.78, 5) is 30.1. The number of hydrogen-bond acceptors (Lipinski definition) is 4. The van der Waals surface area contributed by atoms with Crippen molar-refractivity contribution >= 4 is 11.8 Å². The molecule has 2 aliphatic rings. The van der Waals surface area contributed by atoms with Crippen molar-refractivity contribution in [3.05, 3.63) is 35.6 Å². The molecule has 2 aliphatic heterocycles. The fourth-order valence-electron chi connectivity index (χ4n) is 3.42. The van der Waals surface area contributed by atoms with Gasteiger partial charge >= 0.3 is 0 Å². The number of carbonyl (C=O) groups excluding carboxylic acids is 2. The molecule has 0 spiro atoms. The molecule has 2 amide bonds. The first-order valence-electron chi connectivity index (χ1n) is 8.65. The normalized spacial score (nSPS) is 22.1. The van der Waals surface area contributed by atoms with Crippen molar-refractivity contribution in [2.24, 2.45) is 0 Å². The van der Waals surface area contributed by atoms with Crippen LogP contribution >= 0.6 is 0 Å². The van der Waals surface area contributed by atoms with Crippen LogP contribution in [0.2, 0.25) is 0 Å². The Morgan fingerprint density at radius 2 is 1.96 bits per heavy atom. The van der Waals surface area contributed by atoms with Gasteiger partial charge in [0.1, 0.15) is 11.9 Å². The molecule has 1 unspecified atom stereocenters. The lowest BCUT2D eigenvalue weighted by Crippen LogP contribution is -2.59. The summed E-state index contributed by atoms with van der Waals surface area (Å²) in [6.07, 6.45) is 0. The zero-order valence-electron chi connectivity index (χ0n) is 14.5. The SMILES string of the molecule is CC(=O)N1CCOCC1C(=O)N1CCN(Cc2cccc(F)c2)CC1. The number of halogens is 1. The van der Waals surface area contributed by atoms with Crippen molar-refractivity contribution < 1.29 is 18.7 Å². The van der Waals surface area contributed by atoms with E-state index in [0.717, 1.165) is 18.7 Å². The lowest BCUT2D eigenvalue weighted by atomic mass is 10.1. The quantitative estimate of drug-likeness (QED) is 0.807. The first-order valence-corrected chi connectivity index (χ1v) is 8.65. The topological polar surface area (TPSA) is 53.1 Å². The molecule has 0 saturated carbocycles.